The molecule has 0 radical (unpaired) electrons. The Balaban J connectivity index is 1.58. The number of fused-ring (bicyclic) bond motifs is 1. The summed E-state index contributed by atoms with van der Waals surface area (Å²) in [5, 5.41) is 3.38. The minimum Gasteiger partial charge on any atom is -0.486 e. The lowest BCUT2D eigenvalue weighted by Crippen LogP contribution is -2.16. The van der Waals surface area contributed by atoms with Crippen molar-refractivity contribution in [2.45, 2.75) is 19.8 Å². The fourth-order valence-electron chi connectivity index (χ4n) is 2.54. The van der Waals surface area contributed by atoms with Crippen LogP contribution in [-0.2, 0) is 4.79 Å². The van der Waals surface area contributed by atoms with E-state index in [1.165, 1.54) is 0 Å². The highest BCUT2D eigenvalue weighted by Crippen LogP contribution is 2.31. The number of nitrogens with one attached hydrogen (secondary N) is 1. The maximum Gasteiger partial charge on any atom is 0.224 e. The van der Waals surface area contributed by atoms with Crippen molar-refractivity contribution in [1.29, 1.82) is 0 Å². The van der Waals surface area contributed by atoms with Gasteiger partial charge in [-0.05, 0) is 42.8 Å². The molecular formula is C19H18ClNO4. The Bertz CT molecular complexity index is 819. The van der Waals surface area contributed by atoms with Gasteiger partial charge in [0.15, 0.2) is 17.3 Å². The lowest BCUT2D eigenvalue weighted by molar-refractivity contribution is -0.116. The number of rotatable bonds is 5. The molecule has 5 nitrogen and oxygen atoms in total. The van der Waals surface area contributed by atoms with Crippen LogP contribution in [0.3, 0.4) is 0 Å². The lowest BCUT2D eigenvalue weighted by atomic mass is 10.1. The Morgan fingerprint density at radius 2 is 1.84 bits per heavy atom. The zero-order chi connectivity index (χ0) is 17.8. The Kier molecular flexibility index (Phi) is 5.24. The Labute approximate surface area is 150 Å². The smallest absolute Gasteiger partial charge is 0.224 e. The molecule has 0 saturated carbocycles. The molecule has 1 heterocycles. The van der Waals surface area contributed by atoms with Crippen molar-refractivity contribution in [1.82, 2.24) is 0 Å². The molecule has 0 aromatic heterocycles. The van der Waals surface area contributed by atoms with E-state index >= 15 is 0 Å². The highest BCUT2D eigenvalue weighted by molar-refractivity contribution is 6.31. The molecule has 0 fully saturated rings. The van der Waals surface area contributed by atoms with Gasteiger partial charge < -0.3 is 14.8 Å². The first kappa shape index (κ1) is 17.3. The topological polar surface area (TPSA) is 64.6 Å². The van der Waals surface area contributed by atoms with E-state index in [0.717, 1.165) is 5.56 Å². The van der Waals surface area contributed by atoms with E-state index in [-0.39, 0.29) is 24.5 Å². The van der Waals surface area contributed by atoms with Gasteiger partial charge in [-0.15, -0.1) is 0 Å². The van der Waals surface area contributed by atoms with Crippen LogP contribution < -0.4 is 14.8 Å². The van der Waals surface area contributed by atoms with E-state index in [1.807, 2.05) is 6.92 Å². The molecule has 0 saturated heterocycles. The Morgan fingerprint density at radius 1 is 1.08 bits per heavy atom. The van der Waals surface area contributed by atoms with Gasteiger partial charge in [-0.25, -0.2) is 0 Å². The van der Waals surface area contributed by atoms with Gasteiger partial charge in [0.05, 0.1) is 0 Å². The molecule has 2 aromatic carbocycles. The third-order valence-corrected chi connectivity index (χ3v) is 4.39. The molecule has 3 rings (SSSR count). The number of ether oxygens (including phenoxy) is 2. The monoisotopic (exact) mass is 359 g/mol. The van der Waals surface area contributed by atoms with Crippen LogP contribution in [0.5, 0.6) is 11.5 Å². The fraction of sp³-hybridized carbons (Fsp3) is 0.263. The van der Waals surface area contributed by atoms with Gasteiger partial charge in [0.25, 0.3) is 0 Å². The first-order valence-electron chi connectivity index (χ1n) is 8.02. The predicted molar refractivity (Wildman–Crippen MR) is 95.8 cm³/mol. The number of halogens is 1. The van der Waals surface area contributed by atoms with Crippen LogP contribution in [0.1, 0.15) is 28.8 Å². The fourth-order valence-corrected chi connectivity index (χ4v) is 2.72. The highest BCUT2D eigenvalue weighted by atomic mass is 35.5. The molecule has 6 heteroatoms. The van der Waals surface area contributed by atoms with Gasteiger partial charge in [-0.3, -0.25) is 9.59 Å². The summed E-state index contributed by atoms with van der Waals surface area (Å²) in [7, 11) is 0. The lowest BCUT2D eigenvalue weighted by Gasteiger charge is -2.18. The number of hydrogen-bond acceptors (Lipinski definition) is 4. The van der Waals surface area contributed by atoms with Crippen molar-refractivity contribution < 1.29 is 19.1 Å². The van der Waals surface area contributed by atoms with E-state index in [0.29, 0.717) is 41.0 Å². The molecule has 0 spiro atoms. The molecule has 25 heavy (non-hydrogen) atoms. The van der Waals surface area contributed by atoms with E-state index in [2.05, 4.69) is 5.32 Å². The van der Waals surface area contributed by atoms with Crippen molar-refractivity contribution in [2.24, 2.45) is 0 Å². The largest absolute Gasteiger partial charge is 0.486 e. The van der Waals surface area contributed by atoms with Crippen molar-refractivity contribution in [3.63, 3.8) is 0 Å². The van der Waals surface area contributed by atoms with Gasteiger partial charge in [0.1, 0.15) is 13.2 Å². The van der Waals surface area contributed by atoms with Gasteiger partial charge >= 0.3 is 0 Å². The number of benzene rings is 2. The number of amides is 1. The van der Waals surface area contributed by atoms with Crippen molar-refractivity contribution in [3.05, 3.63) is 52.5 Å². The third-order valence-electron chi connectivity index (χ3n) is 3.99. The van der Waals surface area contributed by atoms with Crippen LogP contribution in [-0.4, -0.2) is 24.9 Å². The minimum atomic E-state index is -0.226. The van der Waals surface area contributed by atoms with Crippen LogP contribution in [0, 0.1) is 6.92 Å². The first-order chi connectivity index (χ1) is 12.0. The Hall–Kier alpha value is -2.53. The SMILES string of the molecule is Cc1c(Cl)cccc1NC(=O)CCC(=O)c1ccc2c(c1)OCCO2. The predicted octanol–water partition coefficient (Wildman–Crippen LogP) is 4.02. The zero-order valence-electron chi connectivity index (χ0n) is 13.8. The number of hydrogen-bond donors (Lipinski definition) is 1. The summed E-state index contributed by atoms with van der Waals surface area (Å²) in [5.74, 6) is 0.860. The van der Waals surface area contributed by atoms with Crippen molar-refractivity contribution in [3.8, 4) is 11.5 Å². The molecule has 0 bridgehead atoms. The maximum absolute atomic E-state index is 12.3. The minimum absolute atomic E-state index is 0.0965. The molecule has 0 unspecified atom stereocenters. The van der Waals surface area contributed by atoms with Crippen molar-refractivity contribution in [2.75, 3.05) is 18.5 Å². The molecule has 2 aromatic rings. The number of carbonyl (C=O) groups is 2. The van der Waals surface area contributed by atoms with Gasteiger partial charge in [0, 0.05) is 29.1 Å². The van der Waals surface area contributed by atoms with Crippen LogP contribution in [0.25, 0.3) is 0 Å². The van der Waals surface area contributed by atoms with E-state index in [4.69, 9.17) is 21.1 Å². The summed E-state index contributed by atoms with van der Waals surface area (Å²) in [4.78, 5) is 24.4. The molecule has 130 valence electrons. The number of Topliss-reactive ketones (excluding diaryl/α,β-unsaturated/α-hetero) is 1. The van der Waals surface area contributed by atoms with Crippen molar-refractivity contribution >= 4 is 29.0 Å². The summed E-state index contributed by atoms with van der Waals surface area (Å²) in [6.45, 7) is 2.80. The molecule has 1 amide bonds. The number of ketones is 1. The van der Waals surface area contributed by atoms with Crippen LogP contribution in [0.15, 0.2) is 36.4 Å². The zero-order valence-corrected chi connectivity index (χ0v) is 14.6. The summed E-state index contributed by atoms with van der Waals surface area (Å²) in [5.41, 5.74) is 1.97. The Morgan fingerprint density at radius 3 is 2.64 bits per heavy atom. The third kappa shape index (κ3) is 4.12. The average Bonchev–Trinajstić information content (AvgIpc) is 2.63. The quantitative estimate of drug-likeness (QED) is 0.819. The van der Waals surface area contributed by atoms with Crippen LogP contribution >= 0.6 is 11.6 Å². The van der Waals surface area contributed by atoms with Gasteiger partial charge in [-0.1, -0.05) is 17.7 Å². The molecule has 0 atom stereocenters. The summed E-state index contributed by atoms with van der Waals surface area (Å²) >= 11 is 6.04. The molecule has 1 N–H and O–H groups in total. The molecule has 1 aliphatic rings. The van der Waals surface area contributed by atoms with Gasteiger partial charge in [-0.2, -0.15) is 0 Å². The number of carbonyl (C=O) groups excluding carboxylic acids is 2. The van der Waals surface area contributed by atoms with E-state index in [9.17, 15) is 9.59 Å². The molecule has 1 aliphatic heterocycles. The van der Waals surface area contributed by atoms with E-state index < -0.39 is 0 Å². The van der Waals surface area contributed by atoms with Crippen LogP contribution in [0.4, 0.5) is 5.69 Å². The summed E-state index contributed by atoms with van der Waals surface area (Å²) in [6.07, 6.45) is 0.213. The second-order valence-corrected chi connectivity index (χ2v) is 6.15. The summed E-state index contributed by atoms with van der Waals surface area (Å²) < 4.78 is 10.9. The van der Waals surface area contributed by atoms with Crippen LogP contribution in [0.2, 0.25) is 5.02 Å². The normalized spacial score (nSPS) is 12.6. The maximum atomic E-state index is 12.3. The molecule has 0 aliphatic carbocycles. The first-order valence-corrected chi connectivity index (χ1v) is 8.40. The number of anilines is 1. The molecular weight excluding hydrogens is 342 g/mol. The highest BCUT2D eigenvalue weighted by Gasteiger charge is 2.16. The second kappa shape index (κ2) is 7.57. The second-order valence-electron chi connectivity index (χ2n) is 5.74. The summed E-state index contributed by atoms with van der Waals surface area (Å²) in [6, 6.07) is 10.4. The van der Waals surface area contributed by atoms with Gasteiger partial charge in [0.2, 0.25) is 5.91 Å². The standard InChI is InChI=1S/C19H18ClNO4/c1-12-14(20)3-2-4-15(12)21-19(23)8-6-16(22)13-5-7-17-18(11-13)25-10-9-24-17/h2-5,7,11H,6,8-10H2,1H3,(H,21,23). The average molecular weight is 360 g/mol. The van der Waals surface area contributed by atoms with E-state index in [1.54, 1.807) is 36.4 Å².